The van der Waals surface area contributed by atoms with E-state index in [0.29, 0.717) is 11.7 Å². The van der Waals surface area contributed by atoms with Crippen LogP contribution in [0.1, 0.15) is 23.4 Å². The molecule has 0 spiro atoms. The minimum atomic E-state index is 0.628. The van der Waals surface area contributed by atoms with Gasteiger partial charge in [-0.2, -0.15) is 5.10 Å². The topological polar surface area (TPSA) is 41.9 Å². The number of hydrogen-bond acceptors (Lipinski definition) is 2. The predicted molar refractivity (Wildman–Crippen MR) is 95.2 cm³/mol. The molecule has 4 nitrogen and oxygen atoms in total. The Kier molecular flexibility index (Phi) is 6.21. The van der Waals surface area contributed by atoms with Crippen LogP contribution in [0.5, 0.6) is 0 Å². The fraction of sp³-hybridized carbons (Fsp3) is 0.375. The number of benzene rings is 1. The number of aromatic nitrogens is 2. The van der Waals surface area contributed by atoms with E-state index in [-0.39, 0.29) is 0 Å². The molecule has 1 aromatic carbocycles. The molecule has 0 bridgehead atoms. The maximum Gasteiger partial charge on any atom is 0.166 e. The van der Waals surface area contributed by atoms with Gasteiger partial charge in [0.25, 0.3) is 0 Å². The zero-order valence-electron chi connectivity index (χ0n) is 12.9. The Hall–Kier alpha value is -1.59. The van der Waals surface area contributed by atoms with Gasteiger partial charge in [-0.15, -0.1) is 0 Å². The van der Waals surface area contributed by atoms with E-state index in [1.54, 1.807) is 0 Å². The molecular weight excluding hydrogens is 316 g/mol. The first kappa shape index (κ1) is 16.8. The van der Waals surface area contributed by atoms with E-state index in [1.807, 2.05) is 35.9 Å². The Balaban J connectivity index is 1.66. The van der Waals surface area contributed by atoms with Gasteiger partial charge in [-0.3, -0.25) is 4.68 Å². The van der Waals surface area contributed by atoms with E-state index < -0.39 is 0 Å². The molecule has 0 amide bonds. The summed E-state index contributed by atoms with van der Waals surface area (Å²) in [4.78, 5) is 0. The summed E-state index contributed by atoms with van der Waals surface area (Å²) in [6, 6.07) is 9.84. The summed E-state index contributed by atoms with van der Waals surface area (Å²) in [7, 11) is 0. The summed E-state index contributed by atoms with van der Waals surface area (Å²) in [5.74, 6) is 0. The smallest absolute Gasteiger partial charge is 0.166 e. The van der Waals surface area contributed by atoms with Crippen molar-refractivity contribution in [2.75, 3.05) is 6.54 Å². The van der Waals surface area contributed by atoms with Crippen molar-refractivity contribution in [3.8, 4) is 0 Å². The Labute approximate surface area is 141 Å². The van der Waals surface area contributed by atoms with Gasteiger partial charge in [0.15, 0.2) is 5.11 Å². The lowest BCUT2D eigenvalue weighted by atomic mass is 10.2. The van der Waals surface area contributed by atoms with Crippen LogP contribution in [0, 0.1) is 13.8 Å². The summed E-state index contributed by atoms with van der Waals surface area (Å²) in [6.07, 6.45) is 0.968. The maximum absolute atomic E-state index is 6.11. The van der Waals surface area contributed by atoms with Gasteiger partial charge in [0, 0.05) is 30.4 Å². The van der Waals surface area contributed by atoms with Gasteiger partial charge in [0.2, 0.25) is 0 Å². The first-order valence-corrected chi connectivity index (χ1v) is 8.11. The molecule has 0 aliphatic carbocycles. The molecule has 2 N–H and O–H groups in total. The number of halogens is 1. The second-order valence-corrected chi connectivity index (χ2v) is 6.02. The van der Waals surface area contributed by atoms with Gasteiger partial charge < -0.3 is 10.6 Å². The first-order chi connectivity index (χ1) is 10.6. The SMILES string of the molecule is Cc1cc(C)n(CCCNC(=S)NCc2ccccc2Cl)n1. The Morgan fingerprint density at radius 2 is 2.05 bits per heavy atom. The molecule has 2 aromatic rings. The van der Waals surface area contributed by atoms with Gasteiger partial charge in [-0.1, -0.05) is 29.8 Å². The first-order valence-electron chi connectivity index (χ1n) is 7.32. The molecule has 0 saturated carbocycles. The molecule has 2 rings (SSSR count). The second-order valence-electron chi connectivity index (χ2n) is 5.20. The van der Waals surface area contributed by atoms with Crippen molar-refractivity contribution < 1.29 is 0 Å². The summed E-state index contributed by atoms with van der Waals surface area (Å²) in [6.45, 7) is 6.41. The van der Waals surface area contributed by atoms with Crippen LogP contribution in [-0.2, 0) is 13.1 Å². The lowest BCUT2D eigenvalue weighted by Gasteiger charge is -2.11. The number of aryl methyl sites for hydroxylation is 3. The quantitative estimate of drug-likeness (QED) is 0.628. The summed E-state index contributed by atoms with van der Waals surface area (Å²) < 4.78 is 2.03. The van der Waals surface area contributed by atoms with Crippen LogP contribution in [0.4, 0.5) is 0 Å². The average Bonchev–Trinajstić information content (AvgIpc) is 2.81. The third kappa shape index (κ3) is 5.00. The van der Waals surface area contributed by atoms with E-state index in [2.05, 4.69) is 28.7 Å². The van der Waals surface area contributed by atoms with Crippen LogP contribution >= 0.6 is 23.8 Å². The minimum absolute atomic E-state index is 0.628. The molecule has 6 heteroatoms. The Morgan fingerprint density at radius 1 is 1.27 bits per heavy atom. The van der Waals surface area contributed by atoms with E-state index in [1.165, 1.54) is 5.69 Å². The molecule has 1 heterocycles. The number of nitrogens with one attached hydrogen (secondary N) is 2. The molecule has 22 heavy (non-hydrogen) atoms. The highest BCUT2D eigenvalue weighted by Crippen LogP contribution is 2.14. The third-order valence-corrected chi connectivity index (χ3v) is 3.99. The molecule has 0 radical (unpaired) electrons. The van der Waals surface area contributed by atoms with Crippen molar-refractivity contribution in [1.82, 2.24) is 20.4 Å². The maximum atomic E-state index is 6.11. The van der Waals surface area contributed by atoms with Gasteiger partial charge in [0.1, 0.15) is 0 Å². The van der Waals surface area contributed by atoms with Gasteiger partial charge in [0.05, 0.1) is 5.69 Å². The highest BCUT2D eigenvalue weighted by atomic mass is 35.5. The predicted octanol–water partition coefficient (Wildman–Crippen LogP) is 3.21. The van der Waals surface area contributed by atoms with E-state index in [4.69, 9.17) is 23.8 Å². The second kappa shape index (κ2) is 8.15. The number of hydrogen-bond donors (Lipinski definition) is 2. The zero-order valence-corrected chi connectivity index (χ0v) is 14.5. The zero-order chi connectivity index (χ0) is 15.9. The van der Waals surface area contributed by atoms with Crippen molar-refractivity contribution in [3.05, 3.63) is 52.3 Å². The molecule has 0 saturated heterocycles. The third-order valence-electron chi connectivity index (χ3n) is 3.33. The van der Waals surface area contributed by atoms with Crippen LogP contribution in [0.15, 0.2) is 30.3 Å². The van der Waals surface area contributed by atoms with E-state index >= 15 is 0 Å². The molecule has 0 aliphatic rings. The van der Waals surface area contributed by atoms with Crippen molar-refractivity contribution in [2.24, 2.45) is 0 Å². The largest absolute Gasteiger partial charge is 0.363 e. The lowest BCUT2D eigenvalue weighted by Crippen LogP contribution is -2.35. The molecule has 0 atom stereocenters. The average molecular weight is 337 g/mol. The molecule has 0 aliphatic heterocycles. The van der Waals surface area contributed by atoms with Gasteiger partial charge >= 0.3 is 0 Å². The Bertz CT molecular complexity index is 639. The standard InChI is InChI=1S/C16H21ClN4S/c1-12-10-13(2)21(20-12)9-5-8-18-16(22)19-11-14-6-3-4-7-15(14)17/h3-4,6-7,10H,5,8-9,11H2,1-2H3,(H2,18,19,22). The van der Waals surface area contributed by atoms with Crippen LogP contribution in [0.25, 0.3) is 0 Å². The van der Waals surface area contributed by atoms with Crippen LogP contribution in [0.2, 0.25) is 5.02 Å². The minimum Gasteiger partial charge on any atom is -0.363 e. The molecule has 0 fully saturated rings. The van der Waals surface area contributed by atoms with Crippen molar-refractivity contribution in [2.45, 2.75) is 33.4 Å². The molecule has 0 unspecified atom stereocenters. The number of nitrogens with zero attached hydrogens (tertiary/aromatic N) is 2. The van der Waals surface area contributed by atoms with Crippen molar-refractivity contribution in [3.63, 3.8) is 0 Å². The Morgan fingerprint density at radius 3 is 2.73 bits per heavy atom. The fourth-order valence-corrected chi connectivity index (χ4v) is 2.59. The van der Waals surface area contributed by atoms with Crippen LogP contribution < -0.4 is 10.6 Å². The fourth-order valence-electron chi connectivity index (χ4n) is 2.21. The highest BCUT2D eigenvalue weighted by Gasteiger charge is 2.02. The number of rotatable bonds is 6. The number of thiocarbonyl (C=S) groups is 1. The molecule has 1 aromatic heterocycles. The summed E-state index contributed by atoms with van der Waals surface area (Å²) in [5, 5.41) is 12.2. The highest BCUT2D eigenvalue weighted by molar-refractivity contribution is 7.80. The lowest BCUT2D eigenvalue weighted by molar-refractivity contribution is 0.556. The summed E-state index contributed by atoms with van der Waals surface area (Å²) in [5.41, 5.74) is 3.29. The monoisotopic (exact) mass is 336 g/mol. The van der Waals surface area contributed by atoms with Gasteiger partial charge in [-0.25, -0.2) is 0 Å². The van der Waals surface area contributed by atoms with E-state index in [0.717, 1.165) is 35.8 Å². The van der Waals surface area contributed by atoms with Gasteiger partial charge in [-0.05, 0) is 50.2 Å². The molecular formula is C16H21ClN4S. The molecule has 118 valence electrons. The van der Waals surface area contributed by atoms with Crippen molar-refractivity contribution in [1.29, 1.82) is 0 Å². The van der Waals surface area contributed by atoms with Crippen molar-refractivity contribution >= 4 is 28.9 Å². The normalized spacial score (nSPS) is 10.5. The summed E-state index contributed by atoms with van der Waals surface area (Å²) >= 11 is 11.4. The van der Waals surface area contributed by atoms with Crippen LogP contribution in [0.3, 0.4) is 0 Å². The van der Waals surface area contributed by atoms with E-state index in [9.17, 15) is 0 Å². The van der Waals surface area contributed by atoms with Crippen LogP contribution in [-0.4, -0.2) is 21.4 Å².